The predicted octanol–water partition coefficient (Wildman–Crippen LogP) is 2.69. The average Bonchev–Trinajstić information content (AvgIpc) is 2.04. The third-order valence-electron chi connectivity index (χ3n) is 1.59. The van der Waals surface area contributed by atoms with Gasteiger partial charge in [-0.25, -0.2) is 0 Å². The first kappa shape index (κ1) is 8.47. The first-order chi connectivity index (χ1) is 5.25. The zero-order valence-electron chi connectivity index (χ0n) is 6.74. The average molecular weight is 168 g/mol. The van der Waals surface area contributed by atoms with Gasteiger partial charge in [0.15, 0.2) is 0 Å². The third-order valence-corrected chi connectivity index (χ3v) is 1.87. The highest BCUT2D eigenvalue weighted by Gasteiger charge is 2.04. The summed E-state index contributed by atoms with van der Waals surface area (Å²) >= 11 is 4.33. The van der Waals surface area contributed by atoms with Gasteiger partial charge in [-0.3, -0.25) is 0 Å². The molecule has 0 aliphatic rings. The zero-order valence-corrected chi connectivity index (χ0v) is 7.64. The van der Waals surface area contributed by atoms with E-state index >= 15 is 0 Å². The quantitative estimate of drug-likeness (QED) is 0.668. The highest BCUT2D eigenvalue weighted by Crippen LogP contribution is 2.27. The van der Waals surface area contributed by atoms with Gasteiger partial charge in [-0.15, -0.1) is 0 Å². The van der Waals surface area contributed by atoms with E-state index in [-0.39, 0.29) is 5.25 Å². The summed E-state index contributed by atoms with van der Waals surface area (Å²) in [6.45, 7) is 2.03. The number of ether oxygens (including phenoxy) is 1. The lowest BCUT2D eigenvalue weighted by molar-refractivity contribution is 0.410. The zero-order chi connectivity index (χ0) is 8.27. The molecule has 1 aromatic carbocycles. The molecule has 0 aliphatic heterocycles. The van der Waals surface area contributed by atoms with Gasteiger partial charge < -0.3 is 4.74 Å². The molecule has 0 bridgehead atoms. The number of thiol groups is 1. The van der Waals surface area contributed by atoms with E-state index in [1.54, 1.807) is 7.11 Å². The topological polar surface area (TPSA) is 9.23 Å². The molecular weight excluding hydrogens is 156 g/mol. The Labute approximate surface area is 72.8 Å². The second-order valence-electron chi connectivity index (χ2n) is 2.42. The summed E-state index contributed by atoms with van der Waals surface area (Å²) in [7, 11) is 1.68. The van der Waals surface area contributed by atoms with E-state index in [4.69, 9.17) is 4.74 Å². The van der Waals surface area contributed by atoms with Crippen molar-refractivity contribution in [3.8, 4) is 5.75 Å². The molecule has 60 valence electrons. The van der Waals surface area contributed by atoms with Gasteiger partial charge in [0.1, 0.15) is 5.75 Å². The molecule has 0 unspecified atom stereocenters. The SMILES string of the molecule is COc1ccccc1[C@@H](C)S. The van der Waals surface area contributed by atoms with Crippen LogP contribution >= 0.6 is 12.6 Å². The Bertz CT molecular complexity index is 233. The van der Waals surface area contributed by atoms with Crippen LogP contribution in [0.5, 0.6) is 5.75 Å². The van der Waals surface area contributed by atoms with Crippen LogP contribution in [0.3, 0.4) is 0 Å². The summed E-state index contributed by atoms with van der Waals surface area (Å²) in [4.78, 5) is 0. The number of hydrogen-bond acceptors (Lipinski definition) is 2. The van der Waals surface area contributed by atoms with Crippen LogP contribution in [0.1, 0.15) is 17.7 Å². The van der Waals surface area contributed by atoms with E-state index in [1.807, 2.05) is 31.2 Å². The first-order valence-corrected chi connectivity index (χ1v) is 4.08. The van der Waals surface area contributed by atoms with Crippen LogP contribution in [-0.2, 0) is 0 Å². The van der Waals surface area contributed by atoms with E-state index in [0.717, 1.165) is 11.3 Å². The smallest absolute Gasteiger partial charge is 0.123 e. The molecule has 0 spiro atoms. The van der Waals surface area contributed by atoms with Crippen molar-refractivity contribution in [1.82, 2.24) is 0 Å². The molecule has 0 N–H and O–H groups in total. The third kappa shape index (κ3) is 1.90. The van der Waals surface area contributed by atoms with Crippen molar-refractivity contribution in [3.05, 3.63) is 29.8 Å². The number of methoxy groups -OCH3 is 1. The van der Waals surface area contributed by atoms with Gasteiger partial charge in [0.2, 0.25) is 0 Å². The lowest BCUT2D eigenvalue weighted by Gasteiger charge is -2.09. The number of benzene rings is 1. The molecule has 1 atom stereocenters. The van der Waals surface area contributed by atoms with Crippen LogP contribution in [0.4, 0.5) is 0 Å². The van der Waals surface area contributed by atoms with E-state index in [1.165, 1.54) is 0 Å². The van der Waals surface area contributed by atoms with E-state index < -0.39 is 0 Å². The largest absolute Gasteiger partial charge is 0.496 e. The standard InChI is InChI=1S/C9H12OS/c1-7(11)8-5-3-4-6-9(8)10-2/h3-7,11H,1-2H3/t7-/m1/s1. The van der Waals surface area contributed by atoms with Crippen molar-refractivity contribution < 1.29 is 4.74 Å². The Kier molecular flexibility index (Phi) is 2.83. The fourth-order valence-electron chi connectivity index (χ4n) is 1.01. The Morgan fingerprint density at radius 1 is 1.36 bits per heavy atom. The van der Waals surface area contributed by atoms with Gasteiger partial charge in [0.25, 0.3) is 0 Å². The summed E-state index contributed by atoms with van der Waals surface area (Å²) in [5.41, 5.74) is 1.14. The molecule has 2 heteroatoms. The molecule has 0 radical (unpaired) electrons. The maximum atomic E-state index is 5.16. The normalized spacial score (nSPS) is 12.6. The van der Waals surface area contributed by atoms with Crippen molar-refractivity contribution in [1.29, 1.82) is 0 Å². The Hall–Kier alpha value is -0.630. The van der Waals surface area contributed by atoms with Crippen molar-refractivity contribution in [2.45, 2.75) is 12.2 Å². The fourth-order valence-corrected chi connectivity index (χ4v) is 1.22. The minimum atomic E-state index is 0.228. The van der Waals surface area contributed by atoms with Crippen LogP contribution in [0, 0.1) is 0 Å². The Morgan fingerprint density at radius 3 is 2.45 bits per heavy atom. The molecule has 1 aromatic rings. The van der Waals surface area contributed by atoms with Gasteiger partial charge in [-0.2, -0.15) is 12.6 Å². The fraction of sp³-hybridized carbons (Fsp3) is 0.333. The van der Waals surface area contributed by atoms with Gasteiger partial charge in [-0.1, -0.05) is 18.2 Å². The second kappa shape index (κ2) is 3.67. The van der Waals surface area contributed by atoms with Crippen LogP contribution < -0.4 is 4.74 Å². The molecule has 0 heterocycles. The van der Waals surface area contributed by atoms with Gasteiger partial charge in [0, 0.05) is 10.8 Å². The first-order valence-electron chi connectivity index (χ1n) is 3.56. The van der Waals surface area contributed by atoms with Crippen molar-refractivity contribution >= 4 is 12.6 Å². The lowest BCUT2D eigenvalue weighted by atomic mass is 10.1. The molecule has 11 heavy (non-hydrogen) atoms. The van der Waals surface area contributed by atoms with Crippen LogP contribution in [0.2, 0.25) is 0 Å². The summed E-state index contributed by atoms with van der Waals surface area (Å²) in [5, 5.41) is 0.228. The monoisotopic (exact) mass is 168 g/mol. The van der Waals surface area contributed by atoms with Crippen molar-refractivity contribution in [2.75, 3.05) is 7.11 Å². The van der Waals surface area contributed by atoms with E-state index in [0.29, 0.717) is 0 Å². The Balaban J connectivity index is 3.02. The number of hydrogen-bond donors (Lipinski definition) is 1. The maximum Gasteiger partial charge on any atom is 0.123 e. The summed E-state index contributed by atoms with van der Waals surface area (Å²) in [6, 6.07) is 7.92. The molecule has 0 amide bonds. The molecule has 1 rings (SSSR count). The minimum Gasteiger partial charge on any atom is -0.496 e. The lowest BCUT2D eigenvalue weighted by Crippen LogP contribution is -1.91. The van der Waals surface area contributed by atoms with Crippen molar-refractivity contribution in [3.63, 3.8) is 0 Å². The highest BCUT2D eigenvalue weighted by atomic mass is 32.1. The number of rotatable bonds is 2. The predicted molar refractivity (Wildman–Crippen MR) is 50.4 cm³/mol. The molecule has 0 aliphatic carbocycles. The van der Waals surface area contributed by atoms with Gasteiger partial charge >= 0.3 is 0 Å². The molecule has 0 fully saturated rings. The molecular formula is C9H12OS. The molecule has 0 saturated carbocycles. The van der Waals surface area contributed by atoms with E-state index in [2.05, 4.69) is 12.6 Å². The maximum absolute atomic E-state index is 5.16. The van der Waals surface area contributed by atoms with Gasteiger partial charge in [0.05, 0.1) is 7.11 Å². The minimum absolute atomic E-state index is 0.228. The van der Waals surface area contributed by atoms with Crippen LogP contribution in [-0.4, -0.2) is 7.11 Å². The molecule has 0 saturated heterocycles. The molecule has 0 aromatic heterocycles. The van der Waals surface area contributed by atoms with Crippen molar-refractivity contribution in [2.24, 2.45) is 0 Å². The van der Waals surface area contributed by atoms with Crippen LogP contribution in [0.25, 0.3) is 0 Å². The number of para-hydroxylation sites is 1. The summed E-state index contributed by atoms with van der Waals surface area (Å²) in [5.74, 6) is 0.912. The highest BCUT2D eigenvalue weighted by molar-refractivity contribution is 7.80. The van der Waals surface area contributed by atoms with Crippen LogP contribution in [0.15, 0.2) is 24.3 Å². The summed E-state index contributed by atoms with van der Waals surface area (Å²) in [6.07, 6.45) is 0. The summed E-state index contributed by atoms with van der Waals surface area (Å²) < 4.78 is 5.16. The van der Waals surface area contributed by atoms with Gasteiger partial charge in [-0.05, 0) is 13.0 Å². The Morgan fingerprint density at radius 2 is 2.00 bits per heavy atom. The van der Waals surface area contributed by atoms with E-state index in [9.17, 15) is 0 Å². The molecule has 1 nitrogen and oxygen atoms in total. The second-order valence-corrected chi connectivity index (χ2v) is 3.19.